The third-order valence-electron chi connectivity index (χ3n) is 4.31. The van der Waals surface area contributed by atoms with Crippen LogP contribution >= 0.6 is 0 Å². The molecule has 1 aromatic carbocycles. The average Bonchev–Trinajstić information content (AvgIpc) is 2.58. The van der Waals surface area contributed by atoms with Crippen LogP contribution in [0, 0.1) is 28.7 Å². The largest absolute Gasteiger partial charge is 0.350 e. The summed E-state index contributed by atoms with van der Waals surface area (Å²) in [6, 6.07) is 5.43. The van der Waals surface area contributed by atoms with Gasteiger partial charge in [-0.1, -0.05) is 17.7 Å². The van der Waals surface area contributed by atoms with Crippen molar-refractivity contribution >= 4 is 17.6 Å². The highest BCUT2D eigenvalue weighted by molar-refractivity contribution is 5.62. The minimum Gasteiger partial charge on any atom is -0.350 e. The Kier molecular flexibility index (Phi) is 4.74. The van der Waals surface area contributed by atoms with Gasteiger partial charge in [0.1, 0.15) is 0 Å². The van der Waals surface area contributed by atoms with E-state index in [1.165, 1.54) is 12.1 Å². The molecule has 1 aliphatic rings. The molecule has 0 radical (unpaired) electrons. The minimum atomic E-state index is -0.869. The summed E-state index contributed by atoms with van der Waals surface area (Å²) in [5.41, 5.74) is 2.33. The van der Waals surface area contributed by atoms with Gasteiger partial charge < -0.3 is 4.90 Å². The summed E-state index contributed by atoms with van der Waals surface area (Å²) in [6.45, 7) is 2.88. The molecule has 2 aromatic rings. The lowest BCUT2D eigenvalue weighted by Crippen LogP contribution is -2.31. The zero-order valence-electron chi connectivity index (χ0n) is 13.7. The van der Waals surface area contributed by atoms with Crippen LogP contribution in [-0.4, -0.2) is 23.0 Å². The second kappa shape index (κ2) is 6.96. The first kappa shape index (κ1) is 17.0. The molecule has 0 aliphatic carbocycles. The van der Waals surface area contributed by atoms with Crippen LogP contribution < -0.4 is 4.90 Å². The average molecular weight is 345 g/mol. The molecule has 0 unspecified atom stereocenters. The Morgan fingerprint density at radius 3 is 2.56 bits per heavy atom. The van der Waals surface area contributed by atoms with E-state index in [0.29, 0.717) is 42.9 Å². The first-order valence-corrected chi connectivity index (χ1v) is 7.95. The van der Waals surface area contributed by atoms with Crippen molar-refractivity contribution in [1.29, 1.82) is 0 Å². The molecule has 1 aliphatic heterocycles. The van der Waals surface area contributed by atoms with Crippen molar-refractivity contribution in [3.63, 3.8) is 0 Å². The predicted molar refractivity (Wildman–Crippen MR) is 91.4 cm³/mol. The fraction of sp³-hybridized carbons (Fsp3) is 0.278. The first-order chi connectivity index (χ1) is 12.0. The Balaban J connectivity index is 1.76. The first-order valence-electron chi connectivity index (χ1n) is 7.95. The standard InChI is InChI=1S/C18H17F2N3O2/c1-12-4-7-21-18(17(12)23(24)25)22-8-5-13(6-9-22)10-14-2-3-15(19)16(20)11-14/h2-4,7,10-11H,5-6,8-9H2,1H3. The summed E-state index contributed by atoms with van der Waals surface area (Å²) < 4.78 is 26.3. The monoisotopic (exact) mass is 345 g/mol. The van der Waals surface area contributed by atoms with Crippen molar-refractivity contribution in [3.8, 4) is 0 Å². The van der Waals surface area contributed by atoms with E-state index in [-0.39, 0.29) is 5.69 Å². The van der Waals surface area contributed by atoms with E-state index in [4.69, 9.17) is 0 Å². The number of pyridine rings is 1. The number of anilines is 1. The summed E-state index contributed by atoms with van der Waals surface area (Å²) in [4.78, 5) is 17.0. The lowest BCUT2D eigenvalue weighted by atomic mass is 10.0. The number of benzene rings is 1. The van der Waals surface area contributed by atoms with Crippen LogP contribution in [0.2, 0.25) is 0 Å². The molecule has 0 amide bonds. The summed E-state index contributed by atoms with van der Waals surface area (Å²) in [5.74, 6) is -1.35. The van der Waals surface area contributed by atoms with Gasteiger partial charge in [0.25, 0.3) is 0 Å². The number of piperidine rings is 1. The molecule has 7 heteroatoms. The Hall–Kier alpha value is -2.83. The van der Waals surface area contributed by atoms with Gasteiger partial charge in [-0.25, -0.2) is 13.8 Å². The maximum Gasteiger partial charge on any atom is 0.314 e. The second-order valence-electron chi connectivity index (χ2n) is 6.02. The third kappa shape index (κ3) is 3.65. The Morgan fingerprint density at radius 1 is 1.20 bits per heavy atom. The van der Waals surface area contributed by atoms with E-state index in [2.05, 4.69) is 4.98 Å². The van der Waals surface area contributed by atoms with Gasteiger partial charge in [-0.2, -0.15) is 0 Å². The molecule has 3 rings (SSSR count). The highest BCUT2D eigenvalue weighted by Gasteiger charge is 2.25. The number of nitro groups is 1. The molecule has 0 saturated carbocycles. The normalized spacial score (nSPS) is 14.5. The molecule has 5 nitrogen and oxygen atoms in total. The van der Waals surface area contributed by atoms with Crippen molar-refractivity contribution in [3.05, 3.63) is 68.9 Å². The quantitative estimate of drug-likeness (QED) is 0.616. The van der Waals surface area contributed by atoms with Gasteiger partial charge in [0.15, 0.2) is 11.6 Å². The summed E-state index contributed by atoms with van der Waals surface area (Å²) in [6.07, 6.45) is 4.79. The van der Waals surface area contributed by atoms with Crippen molar-refractivity contribution in [2.45, 2.75) is 19.8 Å². The number of hydrogen-bond donors (Lipinski definition) is 0. The SMILES string of the molecule is Cc1ccnc(N2CCC(=Cc3ccc(F)c(F)c3)CC2)c1[N+](=O)[O-]. The molecule has 130 valence electrons. The smallest absolute Gasteiger partial charge is 0.314 e. The molecule has 0 atom stereocenters. The van der Waals surface area contributed by atoms with Gasteiger partial charge in [-0.3, -0.25) is 10.1 Å². The van der Waals surface area contributed by atoms with Gasteiger partial charge in [0.2, 0.25) is 5.82 Å². The summed E-state index contributed by atoms with van der Waals surface area (Å²) >= 11 is 0. The molecule has 0 bridgehead atoms. The van der Waals surface area contributed by atoms with E-state index in [1.54, 1.807) is 19.2 Å². The van der Waals surface area contributed by atoms with Gasteiger partial charge in [-0.15, -0.1) is 0 Å². The van der Waals surface area contributed by atoms with Gasteiger partial charge in [0.05, 0.1) is 4.92 Å². The molecule has 2 heterocycles. The van der Waals surface area contributed by atoms with Crippen molar-refractivity contribution in [1.82, 2.24) is 4.98 Å². The maximum atomic E-state index is 13.3. The molecule has 1 saturated heterocycles. The van der Waals surface area contributed by atoms with E-state index in [1.807, 2.05) is 11.0 Å². The lowest BCUT2D eigenvalue weighted by Gasteiger charge is -2.29. The molecule has 25 heavy (non-hydrogen) atoms. The van der Waals surface area contributed by atoms with E-state index in [9.17, 15) is 18.9 Å². The zero-order valence-corrected chi connectivity index (χ0v) is 13.7. The zero-order chi connectivity index (χ0) is 18.0. The fourth-order valence-corrected chi connectivity index (χ4v) is 2.98. The lowest BCUT2D eigenvalue weighted by molar-refractivity contribution is -0.384. The molecule has 1 aromatic heterocycles. The van der Waals surface area contributed by atoms with Crippen LogP contribution in [0.3, 0.4) is 0 Å². The number of halogens is 2. The molecular formula is C18H17F2N3O2. The van der Waals surface area contributed by atoms with Crippen LogP contribution in [-0.2, 0) is 0 Å². The van der Waals surface area contributed by atoms with Crippen molar-refractivity contribution in [2.24, 2.45) is 0 Å². The molecular weight excluding hydrogens is 328 g/mol. The number of rotatable bonds is 3. The number of hydrogen-bond acceptors (Lipinski definition) is 4. The van der Waals surface area contributed by atoms with Crippen LogP contribution in [0.4, 0.5) is 20.3 Å². The maximum absolute atomic E-state index is 13.3. The predicted octanol–water partition coefficient (Wildman–Crippen LogP) is 4.26. The summed E-state index contributed by atoms with van der Waals surface area (Å²) in [7, 11) is 0. The van der Waals surface area contributed by atoms with Gasteiger partial charge >= 0.3 is 5.69 Å². The fourth-order valence-electron chi connectivity index (χ4n) is 2.98. The van der Waals surface area contributed by atoms with Gasteiger partial charge in [0, 0.05) is 24.8 Å². The Labute approximate surface area is 143 Å². The van der Waals surface area contributed by atoms with E-state index >= 15 is 0 Å². The highest BCUT2D eigenvalue weighted by atomic mass is 19.2. The molecule has 1 fully saturated rings. The van der Waals surface area contributed by atoms with E-state index < -0.39 is 16.6 Å². The molecule has 0 spiro atoms. The molecule has 0 N–H and O–H groups in total. The third-order valence-corrected chi connectivity index (χ3v) is 4.31. The Morgan fingerprint density at radius 2 is 1.92 bits per heavy atom. The van der Waals surface area contributed by atoms with Crippen LogP contribution in [0.5, 0.6) is 0 Å². The Bertz CT molecular complexity index is 842. The van der Waals surface area contributed by atoms with Gasteiger partial charge in [-0.05, 0) is 43.5 Å². The number of aryl methyl sites for hydroxylation is 1. The van der Waals surface area contributed by atoms with Crippen LogP contribution in [0.15, 0.2) is 36.0 Å². The van der Waals surface area contributed by atoms with Crippen LogP contribution in [0.1, 0.15) is 24.0 Å². The van der Waals surface area contributed by atoms with Crippen LogP contribution in [0.25, 0.3) is 6.08 Å². The van der Waals surface area contributed by atoms with Crippen molar-refractivity contribution in [2.75, 3.05) is 18.0 Å². The highest BCUT2D eigenvalue weighted by Crippen LogP contribution is 2.32. The number of nitrogens with zero attached hydrogens (tertiary/aromatic N) is 3. The van der Waals surface area contributed by atoms with E-state index in [0.717, 1.165) is 11.6 Å². The summed E-state index contributed by atoms with van der Waals surface area (Å²) in [5, 5.41) is 11.3. The minimum absolute atomic E-state index is 0.0375. The second-order valence-corrected chi connectivity index (χ2v) is 6.02. The van der Waals surface area contributed by atoms with Crippen molar-refractivity contribution < 1.29 is 13.7 Å². The number of aromatic nitrogens is 1. The topological polar surface area (TPSA) is 59.3 Å².